The second-order valence-corrected chi connectivity index (χ2v) is 41.5. The van der Waals surface area contributed by atoms with Crippen molar-refractivity contribution >= 4 is 68.4 Å². The van der Waals surface area contributed by atoms with Crippen molar-refractivity contribution in [2.24, 2.45) is 0 Å². The first kappa shape index (κ1) is 76.5. The largest absolute Gasteiger partial charge is 0.309 e. The van der Waals surface area contributed by atoms with Gasteiger partial charge >= 0.3 is 0 Å². The highest BCUT2D eigenvalue weighted by Gasteiger charge is 2.44. The first-order chi connectivity index (χ1) is 69.3. The number of rotatable bonds is 0. The molecule has 0 atom stereocenters. The Hall–Kier alpha value is -16.7. The summed E-state index contributed by atoms with van der Waals surface area (Å²) in [7, 11) is 0. The molecular weight excluding hydrogens is 1700 g/mol. The van der Waals surface area contributed by atoms with Gasteiger partial charge in [-0.2, -0.15) is 0 Å². The number of pyridine rings is 4. The highest BCUT2D eigenvalue weighted by molar-refractivity contribution is 6.02. The van der Waals surface area contributed by atoms with E-state index < -0.39 is 0 Å². The lowest BCUT2D eigenvalue weighted by Gasteiger charge is -2.40. The second-order valence-electron chi connectivity index (χ2n) is 41.5. The number of hydrogen-bond donors (Lipinski definition) is 0. The van der Waals surface area contributed by atoms with Gasteiger partial charge in [-0.05, 0) is 416 Å². The van der Waals surface area contributed by atoms with Crippen molar-refractivity contribution in [2.45, 2.75) is 103 Å². The third-order valence-electron chi connectivity index (χ3n) is 34.3. The highest BCUT2D eigenvalue weighted by atomic mass is 15.2. The molecule has 8 aliphatic heterocycles. The van der Waals surface area contributed by atoms with Gasteiger partial charge in [-0.15, -0.1) is 0 Å². The van der Waals surface area contributed by atoms with Gasteiger partial charge in [-0.25, -0.2) is 4.98 Å². The Kier molecular flexibility index (Phi) is 15.6. The summed E-state index contributed by atoms with van der Waals surface area (Å²) in [5.74, 6) is 1.10. The zero-order valence-corrected chi connectivity index (χ0v) is 77.2. The quantitative estimate of drug-likeness (QED) is 0.149. The van der Waals surface area contributed by atoms with Crippen LogP contribution in [0.4, 0.5) is 68.4 Å². The van der Waals surface area contributed by atoms with Gasteiger partial charge in [-0.3, -0.25) is 19.9 Å². The zero-order chi connectivity index (χ0) is 90.7. The molecule has 4 aromatic heterocycles. The maximum atomic E-state index is 4.87. The molecule has 0 fully saturated rings. The van der Waals surface area contributed by atoms with Gasteiger partial charge < -0.3 is 14.7 Å². The lowest BCUT2D eigenvalue weighted by molar-refractivity contribution is 0.956. The first-order valence-electron chi connectivity index (χ1n) is 50.3. The standard InChI is InChI=1S/4C33H22N2/c1-3-9-25-19(6-1)12-22-14-23-16-29-28(27(23)18-26(22)25)17-24-13-20-7-2-4-10-31(20)35-32(24)30(29)15-21-8-5-11-34-33(21)35;1-3-8-24-19(6-1)12-21-14-22-15-28-27(26(22)17-25(21)24)16-23-13-20-7-2-4-9-31(20)35-32-10-5-11-34-30(32)18-29(28)33(23)35;1-3-7-25-19(5-1)11-21-13-22-14-29-28(27(22)17-26(21)25)15-23-12-20-6-2-4-8-31(20)35-32-9-10-34-18-24(32)16-30(29)33(23)35;1-3-7-25-19(5-1)11-22-13-23-15-29-28(27(23)17-26(22)25)16-24-12-20-6-2-4-8-31(20)35-32-18-34-10-9-21(32)14-30(29)33(24)35/h1-11,14,17-18H,12-13,15-16H2;1-11,14,16-17H,12-13,15,18H2;1-10,13,15,17-18H,11-12,14,16H2;1-10,13,16-18H,11-12,14-15H2. The van der Waals surface area contributed by atoms with Crippen LogP contribution in [-0.2, 0) is 103 Å². The third-order valence-corrected chi connectivity index (χ3v) is 34.3. The summed E-state index contributed by atoms with van der Waals surface area (Å²) >= 11 is 0. The smallest absolute Gasteiger partial charge is 0.141 e. The van der Waals surface area contributed by atoms with Crippen LogP contribution in [0.1, 0.15) is 178 Å². The number of anilines is 12. The molecule has 8 nitrogen and oxygen atoms in total. The van der Waals surface area contributed by atoms with E-state index in [4.69, 9.17) is 9.97 Å². The minimum absolute atomic E-state index is 0.914. The van der Waals surface area contributed by atoms with Crippen LogP contribution in [0.5, 0.6) is 0 Å². The van der Waals surface area contributed by atoms with Crippen molar-refractivity contribution in [1.29, 1.82) is 0 Å². The lowest BCUT2D eigenvalue weighted by Crippen LogP contribution is -2.26. The molecule has 8 heteroatoms. The highest BCUT2D eigenvalue weighted by Crippen LogP contribution is 2.63. The molecule has 0 saturated carbocycles. The summed E-state index contributed by atoms with van der Waals surface area (Å²) in [5.41, 5.74) is 83.9. The molecule has 8 aliphatic carbocycles. The summed E-state index contributed by atoms with van der Waals surface area (Å²) in [6, 6.07) is 114. The van der Waals surface area contributed by atoms with Crippen LogP contribution in [0.2, 0.25) is 0 Å². The van der Waals surface area contributed by atoms with Crippen LogP contribution >= 0.6 is 0 Å². The van der Waals surface area contributed by atoms with E-state index in [0.717, 1.165) is 109 Å². The van der Waals surface area contributed by atoms with Crippen molar-refractivity contribution < 1.29 is 0 Å². The number of para-hydroxylation sites is 4. The van der Waals surface area contributed by atoms with Gasteiger partial charge in [0.15, 0.2) is 0 Å². The molecule has 12 heterocycles. The van der Waals surface area contributed by atoms with Crippen LogP contribution in [0.25, 0.3) is 89.0 Å². The fourth-order valence-corrected chi connectivity index (χ4v) is 28.4. The van der Waals surface area contributed by atoms with Crippen molar-refractivity contribution in [1.82, 2.24) is 19.9 Å². The van der Waals surface area contributed by atoms with Crippen molar-refractivity contribution in [3.63, 3.8) is 0 Å². The van der Waals surface area contributed by atoms with E-state index in [9.17, 15) is 0 Å². The van der Waals surface area contributed by atoms with E-state index in [2.05, 4.69) is 339 Å². The van der Waals surface area contributed by atoms with Gasteiger partial charge in [-0.1, -0.05) is 200 Å². The minimum Gasteiger partial charge on any atom is -0.309 e. The monoisotopic (exact) mass is 1780 g/mol. The Morgan fingerprint density at radius 1 is 0.150 bits per heavy atom. The number of benzene rings is 16. The average molecular weight is 1790 g/mol. The molecule has 0 radical (unpaired) electrons. The van der Waals surface area contributed by atoms with Crippen molar-refractivity contribution in [3.8, 4) is 89.0 Å². The van der Waals surface area contributed by atoms with Crippen LogP contribution in [0, 0.1) is 0 Å². The third kappa shape index (κ3) is 10.8. The first-order valence-corrected chi connectivity index (χ1v) is 50.3. The van der Waals surface area contributed by atoms with Crippen LogP contribution in [-0.4, -0.2) is 19.9 Å². The fourth-order valence-electron chi connectivity index (χ4n) is 28.4. The van der Waals surface area contributed by atoms with E-state index in [1.807, 2.05) is 31.0 Å². The van der Waals surface area contributed by atoms with Gasteiger partial charge in [0.05, 0.1) is 57.4 Å². The molecule has 16 aliphatic rings. The molecule has 0 unspecified atom stereocenters. The van der Waals surface area contributed by atoms with E-state index in [1.165, 1.54) is 330 Å². The second kappa shape index (κ2) is 28.5. The Morgan fingerprint density at radius 3 is 0.864 bits per heavy atom. The van der Waals surface area contributed by atoms with Gasteiger partial charge in [0.2, 0.25) is 0 Å². The normalized spacial score (nSPS) is 14.9. The maximum Gasteiger partial charge on any atom is 0.141 e. The molecule has 0 bridgehead atoms. The predicted molar refractivity (Wildman–Crippen MR) is 564 cm³/mol. The van der Waals surface area contributed by atoms with Gasteiger partial charge in [0.25, 0.3) is 0 Å². The molecule has 0 saturated heterocycles. The van der Waals surface area contributed by atoms with E-state index >= 15 is 0 Å². The molecule has 0 N–H and O–H groups in total. The number of nitrogens with zero attached hydrogens (tertiary/aromatic N) is 8. The summed E-state index contributed by atoms with van der Waals surface area (Å²) in [4.78, 5) is 28.7. The van der Waals surface area contributed by atoms with Gasteiger partial charge in [0, 0.05) is 99.4 Å². The molecule has 656 valence electrons. The van der Waals surface area contributed by atoms with Crippen molar-refractivity contribution in [2.75, 3.05) is 19.6 Å². The van der Waals surface area contributed by atoms with E-state index in [1.54, 1.807) is 0 Å². The summed E-state index contributed by atoms with van der Waals surface area (Å²) in [6.45, 7) is 0. The molecule has 36 rings (SSSR count). The van der Waals surface area contributed by atoms with E-state index in [-0.39, 0.29) is 0 Å². The lowest BCUT2D eigenvalue weighted by atomic mass is 9.82. The topological polar surface area (TPSA) is 64.5 Å². The van der Waals surface area contributed by atoms with Crippen LogP contribution in [0.15, 0.2) is 340 Å². The van der Waals surface area contributed by atoms with Gasteiger partial charge in [0.1, 0.15) is 5.82 Å². The zero-order valence-electron chi connectivity index (χ0n) is 77.2. The number of fused-ring (bicyclic) bond motifs is 44. The van der Waals surface area contributed by atoms with Crippen molar-refractivity contribution in [3.05, 3.63) is 519 Å². The Labute approximate surface area is 812 Å². The summed E-state index contributed by atoms with van der Waals surface area (Å²) in [5, 5.41) is 0. The molecule has 140 heavy (non-hydrogen) atoms. The number of hydrogen-bond acceptors (Lipinski definition) is 8. The molecule has 0 spiro atoms. The average Bonchev–Trinajstić information content (AvgIpc) is 1.26. The fraction of sp³-hybridized carbons (Fsp3) is 0.121. The summed E-state index contributed by atoms with van der Waals surface area (Å²) < 4.78 is 0. The molecule has 20 aromatic rings. The number of aromatic nitrogens is 4. The Balaban J connectivity index is 0.0000000829. The predicted octanol–water partition coefficient (Wildman–Crippen LogP) is 30.0. The Bertz CT molecular complexity index is 8040. The van der Waals surface area contributed by atoms with E-state index in [0.29, 0.717) is 0 Å². The molecule has 0 amide bonds. The molecule has 16 aromatic carbocycles. The maximum absolute atomic E-state index is 4.87. The van der Waals surface area contributed by atoms with Crippen LogP contribution in [0.3, 0.4) is 0 Å². The summed E-state index contributed by atoms with van der Waals surface area (Å²) in [6.07, 6.45) is 28.0. The van der Waals surface area contributed by atoms with Crippen LogP contribution < -0.4 is 19.6 Å². The SMILES string of the molecule is c1ccc2c(c1)Cc1cc3c(cc1-2)-c1cc2c4c(c1C3)Cc1cccnc1N4c1ccccc1C2.c1ccc2c(c1)Cc1cc3c(cc1-2)-c1cc2c4c(c1C3)Cc1ccncc1N4c1ccccc1C2.c1ccc2c(c1)Cc1cc3c(cc1-2)-c1cc2c4c(c1C3)Cc1cnccc1N4c1ccccc1C2.c1ccc2c(c1)Cc1cc3c(cc1-2)-c1cc2c4c(c1C3)Cc1ncccc1N4c1ccccc1C2. The minimum atomic E-state index is 0.914. The Morgan fingerprint density at radius 2 is 0.429 bits per heavy atom. The molecular formula is C132H88N8.